The summed E-state index contributed by atoms with van der Waals surface area (Å²) in [4.78, 5) is 45.3. The number of thiazole rings is 1. The molecule has 0 saturated carbocycles. The molecular formula is C29H29ClN2O6S. The third kappa shape index (κ3) is 5.99. The molecular weight excluding hydrogens is 540 g/mol. The van der Waals surface area contributed by atoms with Crippen LogP contribution >= 0.6 is 22.9 Å². The molecule has 1 aliphatic heterocycles. The lowest BCUT2D eigenvalue weighted by atomic mass is 9.95. The van der Waals surface area contributed by atoms with Crippen molar-refractivity contribution in [3.05, 3.63) is 80.8 Å². The number of rotatable bonds is 9. The molecule has 0 radical (unpaired) electrons. The summed E-state index contributed by atoms with van der Waals surface area (Å²) in [5.41, 5.74) is 1.14. The zero-order valence-corrected chi connectivity index (χ0v) is 23.6. The van der Waals surface area contributed by atoms with Gasteiger partial charge < -0.3 is 14.6 Å². The molecule has 1 aliphatic rings. The predicted octanol–water partition coefficient (Wildman–Crippen LogP) is 6.33. The van der Waals surface area contributed by atoms with Gasteiger partial charge in [0.1, 0.15) is 16.4 Å². The molecule has 3 aromatic rings. The van der Waals surface area contributed by atoms with E-state index in [-0.39, 0.29) is 27.9 Å². The van der Waals surface area contributed by atoms with Gasteiger partial charge in [-0.15, -0.1) is 0 Å². The van der Waals surface area contributed by atoms with Crippen LogP contribution in [0.2, 0.25) is 5.02 Å². The maximum Gasteiger partial charge on any atom is 0.350 e. The lowest BCUT2D eigenvalue weighted by Crippen LogP contribution is -2.29. The first-order valence-electron chi connectivity index (χ1n) is 12.6. The Kier molecular flexibility index (Phi) is 8.72. The highest BCUT2D eigenvalue weighted by Crippen LogP contribution is 2.44. The molecule has 2 heterocycles. The van der Waals surface area contributed by atoms with E-state index < -0.39 is 23.7 Å². The molecule has 0 spiro atoms. The Hall–Kier alpha value is -3.69. The van der Waals surface area contributed by atoms with Gasteiger partial charge in [0.05, 0.1) is 30.5 Å². The number of benzene rings is 2. The Labute approximate surface area is 235 Å². The van der Waals surface area contributed by atoms with E-state index in [0.29, 0.717) is 40.1 Å². The number of aryl methyl sites for hydroxylation is 1. The number of aromatic nitrogens is 1. The molecule has 0 aliphatic carbocycles. The fourth-order valence-electron chi connectivity index (χ4n) is 4.17. The summed E-state index contributed by atoms with van der Waals surface area (Å²) in [6.45, 7) is 8.21. The molecule has 1 unspecified atom stereocenters. The average Bonchev–Trinajstić information content (AvgIpc) is 3.41. The van der Waals surface area contributed by atoms with Crippen molar-refractivity contribution in [1.82, 2.24) is 4.98 Å². The van der Waals surface area contributed by atoms with Gasteiger partial charge in [0.25, 0.3) is 5.78 Å². The van der Waals surface area contributed by atoms with Crippen molar-refractivity contribution in [2.24, 2.45) is 5.92 Å². The normalized spacial score (nSPS) is 16.7. The minimum Gasteiger partial charge on any atom is -0.507 e. The Bertz CT molecular complexity index is 1430. The zero-order chi connectivity index (χ0) is 28.3. The standard InChI is InChI=1S/C29H29ClN2O6S/c1-5-37-28(36)26-17(4)31-29(39-26)32-23(19-7-6-8-21(15-19)38-14-13-16(2)3)22(25(34)27(32)35)24(33)18-9-11-20(30)12-10-18/h6-12,15-16,23,33H,5,13-14H2,1-4H3/b24-22+. The Morgan fingerprint density at radius 1 is 1.18 bits per heavy atom. The maximum atomic E-state index is 13.5. The Morgan fingerprint density at radius 3 is 2.56 bits per heavy atom. The smallest absolute Gasteiger partial charge is 0.350 e. The van der Waals surface area contributed by atoms with Crippen LogP contribution in [0.1, 0.15) is 59.7 Å². The summed E-state index contributed by atoms with van der Waals surface area (Å²) >= 11 is 6.97. The number of ether oxygens (including phenoxy) is 2. The van der Waals surface area contributed by atoms with E-state index in [1.807, 2.05) is 0 Å². The minimum absolute atomic E-state index is 0.104. The summed E-state index contributed by atoms with van der Waals surface area (Å²) in [5, 5.41) is 11.9. The molecule has 10 heteroatoms. The minimum atomic E-state index is -1.02. The van der Waals surface area contributed by atoms with E-state index >= 15 is 0 Å². The van der Waals surface area contributed by atoms with Crippen LogP contribution in [0.15, 0.2) is 54.1 Å². The molecule has 1 amide bonds. The van der Waals surface area contributed by atoms with Gasteiger partial charge in [-0.25, -0.2) is 9.78 Å². The van der Waals surface area contributed by atoms with Crippen molar-refractivity contribution in [3.63, 3.8) is 0 Å². The van der Waals surface area contributed by atoms with Gasteiger partial charge in [-0.2, -0.15) is 0 Å². The number of carbonyl (C=O) groups is 3. The lowest BCUT2D eigenvalue weighted by Gasteiger charge is -2.23. The van der Waals surface area contributed by atoms with E-state index in [2.05, 4.69) is 18.8 Å². The molecule has 0 bridgehead atoms. The largest absolute Gasteiger partial charge is 0.507 e. The number of esters is 1. The summed E-state index contributed by atoms with van der Waals surface area (Å²) in [5.74, 6) is -1.62. The van der Waals surface area contributed by atoms with Crippen LogP contribution < -0.4 is 9.64 Å². The molecule has 1 fully saturated rings. The summed E-state index contributed by atoms with van der Waals surface area (Å²) in [7, 11) is 0. The van der Waals surface area contributed by atoms with Crippen LogP contribution in [0.5, 0.6) is 5.75 Å². The van der Waals surface area contributed by atoms with Gasteiger partial charge in [-0.05, 0) is 68.1 Å². The van der Waals surface area contributed by atoms with Crippen LogP contribution in [0.25, 0.3) is 5.76 Å². The number of halogens is 1. The molecule has 1 N–H and O–H groups in total. The number of aliphatic hydroxyl groups excluding tert-OH is 1. The molecule has 39 heavy (non-hydrogen) atoms. The highest BCUT2D eigenvalue weighted by atomic mass is 35.5. The van der Waals surface area contributed by atoms with Crippen LogP contribution in [-0.4, -0.2) is 41.0 Å². The van der Waals surface area contributed by atoms with E-state index in [1.54, 1.807) is 62.4 Å². The number of carbonyl (C=O) groups excluding carboxylic acids is 3. The molecule has 1 atom stereocenters. The second-order valence-corrected chi connectivity index (χ2v) is 10.8. The maximum absolute atomic E-state index is 13.5. The van der Waals surface area contributed by atoms with Gasteiger partial charge in [-0.3, -0.25) is 14.5 Å². The van der Waals surface area contributed by atoms with Crippen molar-refractivity contribution in [3.8, 4) is 5.75 Å². The Balaban J connectivity index is 1.85. The van der Waals surface area contributed by atoms with Crippen molar-refractivity contribution in [1.29, 1.82) is 0 Å². The fraction of sp³-hybridized carbons (Fsp3) is 0.310. The van der Waals surface area contributed by atoms with Crippen molar-refractivity contribution >= 4 is 51.5 Å². The first-order chi connectivity index (χ1) is 18.6. The number of anilines is 1. The summed E-state index contributed by atoms with van der Waals surface area (Å²) in [6, 6.07) is 12.3. The highest BCUT2D eigenvalue weighted by Gasteiger charge is 2.48. The van der Waals surface area contributed by atoms with Crippen LogP contribution in [0, 0.1) is 12.8 Å². The van der Waals surface area contributed by atoms with Crippen molar-refractivity contribution < 1.29 is 29.0 Å². The third-order valence-electron chi connectivity index (χ3n) is 6.15. The number of hydrogen-bond donors (Lipinski definition) is 1. The van der Waals surface area contributed by atoms with E-state index in [4.69, 9.17) is 21.1 Å². The molecule has 8 nitrogen and oxygen atoms in total. The highest BCUT2D eigenvalue weighted by molar-refractivity contribution is 7.17. The summed E-state index contributed by atoms with van der Waals surface area (Å²) in [6.07, 6.45) is 0.855. The second kappa shape index (κ2) is 12.0. The van der Waals surface area contributed by atoms with Crippen LogP contribution in [-0.2, 0) is 14.3 Å². The molecule has 2 aromatic carbocycles. The topological polar surface area (TPSA) is 106 Å². The third-order valence-corrected chi connectivity index (χ3v) is 7.54. The Morgan fingerprint density at radius 2 is 1.90 bits per heavy atom. The number of Topliss-reactive ketones (excluding diaryl/α,β-unsaturated/α-hetero) is 1. The number of nitrogens with zero attached hydrogens (tertiary/aromatic N) is 2. The van der Waals surface area contributed by atoms with Crippen LogP contribution in [0.3, 0.4) is 0 Å². The van der Waals surface area contributed by atoms with Gasteiger partial charge >= 0.3 is 11.9 Å². The monoisotopic (exact) mass is 568 g/mol. The van der Waals surface area contributed by atoms with Crippen molar-refractivity contribution in [2.45, 2.75) is 40.2 Å². The SMILES string of the molecule is CCOC(=O)c1sc(N2C(=O)C(=O)/C(=C(/O)c3ccc(Cl)cc3)C2c2cccc(OCCC(C)C)c2)nc1C. The van der Waals surface area contributed by atoms with E-state index in [9.17, 15) is 19.5 Å². The van der Waals surface area contributed by atoms with Gasteiger partial charge in [-0.1, -0.05) is 48.9 Å². The zero-order valence-electron chi connectivity index (χ0n) is 22.1. The fourth-order valence-corrected chi connectivity index (χ4v) is 5.28. The quantitative estimate of drug-likeness (QED) is 0.139. The van der Waals surface area contributed by atoms with Crippen molar-refractivity contribution in [2.75, 3.05) is 18.1 Å². The average molecular weight is 569 g/mol. The molecule has 1 aromatic heterocycles. The first-order valence-corrected chi connectivity index (χ1v) is 13.8. The van der Waals surface area contributed by atoms with E-state index in [1.165, 1.54) is 4.90 Å². The van der Waals surface area contributed by atoms with Gasteiger partial charge in [0.15, 0.2) is 5.13 Å². The van der Waals surface area contributed by atoms with Crippen LogP contribution in [0.4, 0.5) is 5.13 Å². The second-order valence-electron chi connectivity index (χ2n) is 9.41. The van der Waals surface area contributed by atoms with E-state index in [0.717, 1.165) is 17.8 Å². The number of aliphatic hydroxyl groups is 1. The van der Waals surface area contributed by atoms with Gasteiger partial charge in [0.2, 0.25) is 0 Å². The lowest BCUT2D eigenvalue weighted by molar-refractivity contribution is -0.132. The van der Waals surface area contributed by atoms with Gasteiger partial charge in [0, 0.05) is 10.6 Å². The number of amides is 1. The first kappa shape index (κ1) is 28.3. The molecule has 204 valence electrons. The predicted molar refractivity (Wildman–Crippen MR) is 150 cm³/mol. The molecule has 1 saturated heterocycles. The molecule has 4 rings (SSSR count). The summed E-state index contributed by atoms with van der Waals surface area (Å²) < 4.78 is 11.1. The number of hydrogen-bond acceptors (Lipinski definition) is 8. The number of ketones is 1.